The fourth-order valence-electron chi connectivity index (χ4n) is 2.24. The lowest BCUT2D eigenvalue weighted by molar-refractivity contribution is 0.598. The maximum absolute atomic E-state index is 11.8. The molecule has 1 aromatic rings. The minimum atomic E-state index is -3.02. The zero-order valence-corrected chi connectivity index (χ0v) is 10.3. The van der Waals surface area contributed by atoms with Gasteiger partial charge in [-0.25, -0.2) is 8.42 Å². The zero-order valence-electron chi connectivity index (χ0n) is 9.44. The summed E-state index contributed by atoms with van der Waals surface area (Å²) in [6.45, 7) is 2.64. The van der Waals surface area contributed by atoms with Gasteiger partial charge in [-0.05, 0) is 42.5 Å². The highest BCUT2D eigenvalue weighted by Crippen LogP contribution is 2.35. The predicted molar refractivity (Wildman–Crippen MR) is 64.3 cm³/mol. The summed E-state index contributed by atoms with van der Waals surface area (Å²) < 4.78 is 23.5. The van der Waals surface area contributed by atoms with E-state index in [2.05, 4.69) is 0 Å². The van der Waals surface area contributed by atoms with Crippen molar-refractivity contribution in [2.45, 2.75) is 30.6 Å². The molecule has 0 spiro atoms. The molecule has 4 heteroatoms. The molecular weight excluding hydrogens is 222 g/mol. The Kier molecular flexibility index (Phi) is 3.04. The molecule has 2 N–H and O–H groups in total. The molecule has 0 bridgehead atoms. The van der Waals surface area contributed by atoms with Crippen LogP contribution in [0.4, 0.5) is 0 Å². The summed E-state index contributed by atoms with van der Waals surface area (Å²) in [5.74, 6) is 0.376. The average Bonchev–Trinajstić information content (AvgIpc) is 2.46. The first-order valence-corrected chi connectivity index (χ1v) is 7.25. The molecule has 0 radical (unpaired) electrons. The molecule has 1 unspecified atom stereocenters. The minimum Gasteiger partial charge on any atom is -0.330 e. The van der Waals surface area contributed by atoms with Crippen LogP contribution in [0, 0.1) is 0 Å². The van der Waals surface area contributed by atoms with Crippen LogP contribution in [0.2, 0.25) is 0 Å². The zero-order chi connectivity index (χ0) is 11.8. The SMILES string of the molecule is CC1CS(=O)(=O)c2ccc(CCCN)cc21. The number of benzene rings is 1. The van der Waals surface area contributed by atoms with Crippen LogP contribution >= 0.6 is 0 Å². The maximum atomic E-state index is 11.8. The number of rotatable bonds is 3. The van der Waals surface area contributed by atoms with Crippen molar-refractivity contribution in [3.8, 4) is 0 Å². The number of hydrogen-bond acceptors (Lipinski definition) is 3. The highest BCUT2D eigenvalue weighted by molar-refractivity contribution is 7.91. The number of sulfone groups is 1. The van der Waals surface area contributed by atoms with E-state index in [0.29, 0.717) is 11.4 Å². The van der Waals surface area contributed by atoms with E-state index < -0.39 is 9.84 Å². The monoisotopic (exact) mass is 239 g/mol. The topological polar surface area (TPSA) is 60.2 Å². The summed E-state index contributed by atoms with van der Waals surface area (Å²) in [5.41, 5.74) is 7.63. The lowest BCUT2D eigenvalue weighted by Crippen LogP contribution is -2.01. The summed E-state index contributed by atoms with van der Waals surface area (Å²) >= 11 is 0. The van der Waals surface area contributed by atoms with Crippen LogP contribution in [0.1, 0.15) is 30.4 Å². The molecule has 1 heterocycles. The van der Waals surface area contributed by atoms with Crippen LogP contribution < -0.4 is 5.73 Å². The molecule has 1 atom stereocenters. The van der Waals surface area contributed by atoms with Crippen LogP contribution in [0.25, 0.3) is 0 Å². The second-order valence-corrected chi connectivity index (χ2v) is 6.45. The molecule has 0 saturated carbocycles. The van der Waals surface area contributed by atoms with Crippen molar-refractivity contribution < 1.29 is 8.42 Å². The molecule has 0 saturated heterocycles. The minimum absolute atomic E-state index is 0.123. The second-order valence-electron chi connectivity index (χ2n) is 4.45. The van der Waals surface area contributed by atoms with Gasteiger partial charge in [-0.3, -0.25) is 0 Å². The number of hydrogen-bond donors (Lipinski definition) is 1. The lowest BCUT2D eigenvalue weighted by atomic mass is 9.99. The fourth-order valence-corrected chi connectivity index (χ4v) is 4.15. The first-order chi connectivity index (χ1) is 7.54. The molecular formula is C12H17NO2S. The molecule has 2 rings (SSSR count). The molecule has 1 aromatic carbocycles. The van der Waals surface area contributed by atoms with Gasteiger partial charge >= 0.3 is 0 Å². The van der Waals surface area contributed by atoms with Gasteiger partial charge in [0.15, 0.2) is 9.84 Å². The number of fused-ring (bicyclic) bond motifs is 1. The summed E-state index contributed by atoms with van der Waals surface area (Å²) in [6, 6.07) is 5.68. The van der Waals surface area contributed by atoms with Gasteiger partial charge in [0.2, 0.25) is 0 Å². The third-order valence-corrected chi connectivity index (χ3v) is 5.06. The van der Waals surface area contributed by atoms with E-state index in [1.807, 2.05) is 19.1 Å². The van der Waals surface area contributed by atoms with Crippen molar-refractivity contribution >= 4 is 9.84 Å². The van der Waals surface area contributed by atoms with Gasteiger partial charge in [0.25, 0.3) is 0 Å². The highest BCUT2D eigenvalue weighted by Gasteiger charge is 2.31. The average molecular weight is 239 g/mol. The summed E-state index contributed by atoms with van der Waals surface area (Å²) in [4.78, 5) is 0.525. The largest absolute Gasteiger partial charge is 0.330 e. The quantitative estimate of drug-likeness (QED) is 0.869. The van der Waals surface area contributed by atoms with Crippen molar-refractivity contribution in [1.82, 2.24) is 0 Å². The molecule has 16 heavy (non-hydrogen) atoms. The van der Waals surface area contributed by atoms with Crippen molar-refractivity contribution in [2.75, 3.05) is 12.3 Å². The van der Waals surface area contributed by atoms with Crippen molar-refractivity contribution in [2.24, 2.45) is 5.73 Å². The van der Waals surface area contributed by atoms with Crippen molar-refractivity contribution in [3.63, 3.8) is 0 Å². The third-order valence-electron chi connectivity index (χ3n) is 3.08. The highest BCUT2D eigenvalue weighted by atomic mass is 32.2. The predicted octanol–water partition coefficient (Wildman–Crippen LogP) is 1.47. The normalized spacial score (nSPS) is 22.0. The van der Waals surface area contributed by atoms with Gasteiger partial charge in [-0.1, -0.05) is 19.1 Å². The number of nitrogens with two attached hydrogens (primary N) is 1. The second kappa shape index (κ2) is 4.18. The molecule has 0 fully saturated rings. The summed E-state index contributed by atoms with van der Waals surface area (Å²) in [6.07, 6.45) is 1.87. The van der Waals surface area contributed by atoms with E-state index in [9.17, 15) is 8.42 Å². The van der Waals surface area contributed by atoms with E-state index >= 15 is 0 Å². The van der Waals surface area contributed by atoms with Gasteiger partial charge in [0.1, 0.15) is 0 Å². The first-order valence-electron chi connectivity index (χ1n) is 5.60. The lowest BCUT2D eigenvalue weighted by Gasteiger charge is -2.05. The van der Waals surface area contributed by atoms with Crippen LogP contribution in [-0.2, 0) is 16.3 Å². The first kappa shape index (κ1) is 11.6. The molecule has 88 valence electrons. The maximum Gasteiger partial charge on any atom is 0.179 e. The number of aryl methyl sites for hydroxylation is 1. The van der Waals surface area contributed by atoms with Crippen LogP contribution in [0.5, 0.6) is 0 Å². The van der Waals surface area contributed by atoms with Crippen LogP contribution in [0.15, 0.2) is 23.1 Å². The Hall–Kier alpha value is -0.870. The molecule has 0 aliphatic carbocycles. The molecule has 0 aromatic heterocycles. The molecule has 1 aliphatic heterocycles. The van der Waals surface area contributed by atoms with E-state index in [1.165, 1.54) is 5.56 Å². The van der Waals surface area contributed by atoms with Crippen LogP contribution in [-0.4, -0.2) is 20.7 Å². The summed E-state index contributed by atoms with van der Waals surface area (Å²) in [5, 5.41) is 0. The van der Waals surface area contributed by atoms with Gasteiger partial charge in [-0.15, -0.1) is 0 Å². The van der Waals surface area contributed by atoms with E-state index in [0.717, 1.165) is 18.4 Å². The van der Waals surface area contributed by atoms with Gasteiger partial charge in [-0.2, -0.15) is 0 Å². The Labute approximate surface area is 96.6 Å². The third kappa shape index (κ3) is 1.99. The fraction of sp³-hybridized carbons (Fsp3) is 0.500. The Morgan fingerprint density at radius 2 is 2.19 bits per heavy atom. The van der Waals surface area contributed by atoms with Crippen LogP contribution in [0.3, 0.4) is 0 Å². The van der Waals surface area contributed by atoms with E-state index in [-0.39, 0.29) is 11.7 Å². The Bertz CT molecular complexity index is 494. The summed E-state index contributed by atoms with van der Waals surface area (Å²) in [7, 11) is -3.02. The Morgan fingerprint density at radius 1 is 1.44 bits per heavy atom. The standard InChI is InChI=1S/C12H17NO2S/c1-9-8-16(14,15)12-5-4-10(3-2-6-13)7-11(9)12/h4-5,7,9H,2-3,6,8,13H2,1H3. The van der Waals surface area contributed by atoms with Gasteiger partial charge in [0.05, 0.1) is 10.6 Å². The Morgan fingerprint density at radius 3 is 2.88 bits per heavy atom. The van der Waals surface area contributed by atoms with Crippen molar-refractivity contribution in [3.05, 3.63) is 29.3 Å². The van der Waals surface area contributed by atoms with E-state index in [4.69, 9.17) is 5.73 Å². The van der Waals surface area contributed by atoms with E-state index in [1.54, 1.807) is 6.07 Å². The molecule has 3 nitrogen and oxygen atoms in total. The van der Waals surface area contributed by atoms with Gasteiger partial charge < -0.3 is 5.73 Å². The smallest absolute Gasteiger partial charge is 0.179 e. The van der Waals surface area contributed by atoms with Gasteiger partial charge in [0, 0.05) is 0 Å². The Balaban J connectivity index is 2.37. The van der Waals surface area contributed by atoms with Crippen molar-refractivity contribution in [1.29, 1.82) is 0 Å². The molecule has 1 aliphatic rings. The molecule has 0 amide bonds.